The Morgan fingerprint density at radius 3 is 2.43 bits per heavy atom. The molecule has 0 bridgehead atoms. The molecule has 0 saturated heterocycles. The first-order valence-corrected chi connectivity index (χ1v) is 7.33. The summed E-state index contributed by atoms with van der Waals surface area (Å²) in [6.45, 7) is 3.71. The molecule has 3 aromatic rings. The molecular weight excluding hydrogens is 292 g/mol. The Morgan fingerprint density at radius 2 is 1.83 bits per heavy atom. The molecule has 0 saturated carbocycles. The lowest BCUT2D eigenvalue weighted by atomic mass is 10.0. The summed E-state index contributed by atoms with van der Waals surface area (Å²) in [7, 11) is 0. The van der Waals surface area contributed by atoms with E-state index < -0.39 is 5.97 Å². The third-order valence-corrected chi connectivity index (χ3v) is 3.76. The fourth-order valence-corrected chi connectivity index (χ4v) is 2.51. The van der Waals surface area contributed by atoms with Crippen molar-refractivity contribution in [3.05, 3.63) is 53.9 Å². The number of carbonyl (C=O) groups excluding carboxylic acids is 1. The molecule has 0 amide bonds. The van der Waals surface area contributed by atoms with E-state index in [1.54, 1.807) is 30.5 Å². The minimum absolute atomic E-state index is 0.0372. The van der Waals surface area contributed by atoms with Gasteiger partial charge in [-0.05, 0) is 35.4 Å². The first-order valence-electron chi connectivity index (χ1n) is 7.33. The first-order chi connectivity index (χ1) is 11.0. The Bertz CT molecular complexity index is 892. The molecule has 116 valence electrons. The maximum absolute atomic E-state index is 12.2. The maximum Gasteiger partial charge on any atom is 0.335 e. The van der Waals surface area contributed by atoms with E-state index in [4.69, 9.17) is 5.11 Å². The molecule has 0 unspecified atom stereocenters. The van der Waals surface area contributed by atoms with Crippen molar-refractivity contribution >= 4 is 22.8 Å². The van der Waals surface area contributed by atoms with E-state index in [-0.39, 0.29) is 17.3 Å². The number of aromatic carboxylic acids is 1. The Labute approximate surface area is 133 Å². The second-order valence-corrected chi connectivity index (χ2v) is 5.71. The standard InChI is InChI=1S/C18H16N2O3/c1-10(2)16(21)15-9-14-13(7-8-19-17(14)20-15)11-3-5-12(6-4-11)18(22)23/h3-10H,1-2H3,(H,19,20)(H,22,23). The van der Waals surface area contributed by atoms with Crippen LogP contribution < -0.4 is 0 Å². The van der Waals surface area contributed by atoms with Crippen LogP contribution in [0, 0.1) is 5.92 Å². The van der Waals surface area contributed by atoms with Gasteiger partial charge < -0.3 is 10.1 Å². The smallest absolute Gasteiger partial charge is 0.335 e. The van der Waals surface area contributed by atoms with Crippen LogP contribution in [0.5, 0.6) is 0 Å². The number of nitrogens with one attached hydrogen (secondary N) is 1. The lowest BCUT2D eigenvalue weighted by molar-refractivity contribution is 0.0696. The number of hydrogen-bond donors (Lipinski definition) is 2. The molecule has 0 radical (unpaired) electrons. The zero-order valence-corrected chi connectivity index (χ0v) is 12.8. The van der Waals surface area contributed by atoms with Gasteiger partial charge in [-0.1, -0.05) is 26.0 Å². The van der Waals surface area contributed by atoms with Gasteiger partial charge >= 0.3 is 5.97 Å². The number of fused-ring (bicyclic) bond motifs is 1. The van der Waals surface area contributed by atoms with E-state index in [2.05, 4.69) is 9.97 Å². The van der Waals surface area contributed by atoms with Crippen molar-refractivity contribution < 1.29 is 14.7 Å². The van der Waals surface area contributed by atoms with E-state index in [0.29, 0.717) is 11.3 Å². The van der Waals surface area contributed by atoms with Crippen LogP contribution >= 0.6 is 0 Å². The first kappa shape index (κ1) is 15.0. The molecule has 5 nitrogen and oxygen atoms in total. The van der Waals surface area contributed by atoms with E-state index in [1.807, 2.05) is 26.0 Å². The monoisotopic (exact) mass is 308 g/mol. The van der Waals surface area contributed by atoms with Gasteiger partial charge in [-0.2, -0.15) is 0 Å². The van der Waals surface area contributed by atoms with Gasteiger partial charge in [-0.15, -0.1) is 0 Å². The second kappa shape index (κ2) is 5.68. The second-order valence-electron chi connectivity index (χ2n) is 5.71. The van der Waals surface area contributed by atoms with Crippen molar-refractivity contribution in [2.24, 2.45) is 5.92 Å². The predicted molar refractivity (Wildman–Crippen MR) is 87.7 cm³/mol. The summed E-state index contributed by atoms with van der Waals surface area (Å²) in [6.07, 6.45) is 1.67. The summed E-state index contributed by atoms with van der Waals surface area (Å²) in [5.41, 5.74) is 3.21. The minimum Gasteiger partial charge on any atom is -0.478 e. The van der Waals surface area contributed by atoms with Gasteiger partial charge in [0.2, 0.25) is 0 Å². The number of carboxylic acids is 1. The van der Waals surface area contributed by atoms with Crippen molar-refractivity contribution in [2.75, 3.05) is 0 Å². The molecule has 5 heteroatoms. The number of aromatic amines is 1. The number of Topliss-reactive ketones (excluding diaryl/α,β-unsaturated/α-hetero) is 1. The van der Waals surface area contributed by atoms with Crippen LogP contribution in [-0.4, -0.2) is 26.8 Å². The average Bonchev–Trinajstić information content (AvgIpc) is 2.98. The summed E-state index contributed by atoms with van der Waals surface area (Å²) >= 11 is 0. The highest BCUT2D eigenvalue weighted by Gasteiger charge is 2.16. The van der Waals surface area contributed by atoms with Crippen LogP contribution in [0.2, 0.25) is 0 Å². The summed E-state index contributed by atoms with van der Waals surface area (Å²) < 4.78 is 0. The molecule has 0 aliphatic rings. The Morgan fingerprint density at radius 1 is 1.13 bits per heavy atom. The van der Waals surface area contributed by atoms with Crippen LogP contribution in [0.15, 0.2) is 42.6 Å². The Balaban J connectivity index is 2.10. The van der Waals surface area contributed by atoms with Crippen molar-refractivity contribution in [3.8, 4) is 11.1 Å². The molecule has 0 atom stereocenters. The molecule has 2 heterocycles. The lowest BCUT2D eigenvalue weighted by Gasteiger charge is -2.03. The SMILES string of the molecule is CC(C)C(=O)c1cc2c(-c3ccc(C(=O)O)cc3)ccnc2[nH]1. The number of aromatic nitrogens is 2. The number of benzene rings is 1. The lowest BCUT2D eigenvalue weighted by Crippen LogP contribution is -2.07. The highest BCUT2D eigenvalue weighted by molar-refractivity contribution is 6.03. The van der Waals surface area contributed by atoms with Crippen LogP contribution in [0.25, 0.3) is 22.2 Å². The van der Waals surface area contributed by atoms with Gasteiger partial charge in [0.1, 0.15) is 5.65 Å². The van der Waals surface area contributed by atoms with Gasteiger partial charge in [-0.3, -0.25) is 4.79 Å². The largest absolute Gasteiger partial charge is 0.478 e. The van der Waals surface area contributed by atoms with Crippen LogP contribution in [-0.2, 0) is 0 Å². The molecule has 2 aromatic heterocycles. The molecule has 1 aromatic carbocycles. The number of rotatable bonds is 4. The van der Waals surface area contributed by atoms with Crippen molar-refractivity contribution in [2.45, 2.75) is 13.8 Å². The van der Waals surface area contributed by atoms with Gasteiger partial charge in [0.05, 0.1) is 11.3 Å². The summed E-state index contributed by atoms with van der Waals surface area (Å²) in [5.74, 6) is -1.01. The highest BCUT2D eigenvalue weighted by Crippen LogP contribution is 2.29. The topological polar surface area (TPSA) is 83.1 Å². The Kier molecular flexibility index (Phi) is 3.70. The van der Waals surface area contributed by atoms with E-state index in [0.717, 1.165) is 16.5 Å². The number of H-pyrrole nitrogens is 1. The van der Waals surface area contributed by atoms with Crippen molar-refractivity contribution in [1.29, 1.82) is 0 Å². The average molecular weight is 308 g/mol. The van der Waals surface area contributed by atoms with E-state index in [1.165, 1.54) is 0 Å². The van der Waals surface area contributed by atoms with Gasteiger partial charge in [0, 0.05) is 17.5 Å². The van der Waals surface area contributed by atoms with Gasteiger partial charge in [0.25, 0.3) is 0 Å². The maximum atomic E-state index is 12.2. The zero-order chi connectivity index (χ0) is 16.6. The molecule has 23 heavy (non-hydrogen) atoms. The minimum atomic E-state index is -0.956. The summed E-state index contributed by atoms with van der Waals surface area (Å²) in [5, 5.41) is 9.83. The van der Waals surface area contributed by atoms with E-state index >= 15 is 0 Å². The normalized spacial score (nSPS) is 11.1. The van der Waals surface area contributed by atoms with Crippen LogP contribution in [0.1, 0.15) is 34.7 Å². The fourth-order valence-electron chi connectivity index (χ4n) is 2.51. The highest BCUT2D eigenvalue weighted by atomic mass is 16.4. The molecule has 2 N–H and O–H groups in total. The number of hydrogen-bond acceptors (Lipinski definition) is 3. The molecule has 0 fully saturated rings. The van der Waals surface area contributed by atoms with E-state index in [9.17, 15) is 9.59 Å². The third kappa shape index (κ3) is 2.73. The number of nitrogens with zero attached hydrogens (tertiary/aromatic N) is 1. The molecule has 0 aliphatic heterocycles. The predicted octanol–water partition coefficient (Wildman–Crippen LogP) is 3.77. The molecular formula is C18H16N2O3. The Hall–Kier alpha value is -2.95. The van der Waals surface area contributed by atoms with Crippen molar-refractivity contribution in [3.63, 3.8) is 0 Å². The quantitative estimate of drug-likeness (QED) is 0.719. The fraction of sp³-hybridized carbons (Fsp3) is 0.167. The summed E-state index contributed by atoms with van der Waals surface area (Å²) in [6, 6.07) is 10.3. The number of carboxylic acid groups (broad SMARTS) is 1. The van der Waals surface area contributed by atoms with Crippen LogP contribution in [0.4, 0.5) is 0 Å². The van der Waals surface area contributed by atoms with Gasteiger partial charge in [0.15, 0.2) is 5.78 Å². The number of pyridine rings is 1. The molecule has 3 rings (SSSR count). The molecule has 0 aliphatic carbocycles. The number of ketones is 1. The van der Waals surface area contributed by atoms with Crippen LogP contribution in [0.3, 0.4) is 0 Å². The van der Waals surface area contributed by atoms with Crippen molar-refractivity contribution in [1.82, 2.24) is 9.97 Å². The summed E-state index contributed by atoms with van der Waals surface area (Å²) in [4.78, 5) is 30.4. The third-order valence-electron chi connectivity index (χ3n) is 3.76. The van der Waals surface area contributed by atoms with Gasteiger partial charge in [-0.25, -0.2) is 9.78 Å². The molecule has 0 spiro atoms. The zero-order valence-electron chi connectivity index (χ0n) is 12.8. The number of carbonyl (C=O) groups is 2.